The highest BCUT2D eigenvalue weighted by Gasteiger charge is 2.16. The summed E-state index contributed by atoms with van der Waals surface area (Å²) < 4.78 is 21.5. The molecule has 2 N–H and O–H groups in total. The van der Waals surface area contributed by atoms with E-state index in [9.17, 15) is 19.6 Å². The Kier molecular flexibility index (Phi) is 6.41. The molecule has 2 aromatic heterocycles. The van der Waals surface area contributed by atoms with Crippen molar-refractivity contribution in [2.24, 2.45) is 0 Å². The zero-order valence-corrected chi connectivity index (χ0v) is 18.7. The zero-order chi connectivity index (χ0) is 24.2. The number of fused-ring (bicyclic) bond motifs is 1. The maximum atomic E-state index is 14.6. The Balaban J connectivity index is 1.56. The van der Waals surface area contributed by atoms with E-state index in [1.54, 1.807) is 28.8 Å². The first kappa shape index (κ1) is 22.7. The molecule has 2 aromatic carbocycles. The number of methoxy groups -OCH3 is 1. The first-order valence-electron chi connectivity index (χ1n) is 10.6. The van der Waals surface area contributed by atoms with Gasteiger partial charge in [0.05, 0.1) is 23.9 Å². The molecule has 0 aliphatic rings. The van der Waals surface area contributed by atoms with E-state index in [0.29, 0.717) is 53.4 Å². The summed E-state index contributed by atoms with van der Waals surface area (Å²) in [5.74, 6) is -0.339. The fourth-order valence-electron chi connectivity index (χ4n) is 3.98. The Morgan fingerprint density at radius 3 is 2.76 bits per heavy atom. The summed E-state index contributed by atoms with van der Waals surface area (Å²) in [5.41, 5.74) is 3.06. The minimum Gasteiger partial charge on any atom is -0.496 e. The molecule has 0 saturated heterocycles. The van der Waals surface area contributed by atoms with E-state index in [4.69, 9.17) is 4.74 Å². The number of ether oxygens (including phenoxy) is 1. The number of aromatic carboxylic acids is 1. The molecule has 8 nitrogen and oxygen atoms in total. The number of anilines is 1. The molecule has 2 heterocycles. The molecule has 0 aliphatic carbocycles. The van der Waals surface area contributed by atoms with Crippen LogP contribution >= 0.6 is 0 Å². The van der Waals surface area contributed by atoms with E-state index in [1.807, 2.05) is 13.0 Å². The molecule has 4 rings (SSSR count). The summed E-state index contributed by atoms with van der Waals surface area (Å²) in [4.78, 5) is 19.9. The maximum absolute atomic E-state index is 14.6. The van der Waals surface area contributed by atoms with Crippen LogP contribution in [-0.2, 0) is 13.0 Å². The Bertz CT molecular complexity index is 1420. The van der Waals surface area contributed by atoms with Gasteiger partial charge in [-0.3, -0.25) is 0 Å². The van der Waals surface area contributed by atoms with Crippen molar-refractivity contribution in [1.29, 1.82) is 5.26 Å². The first-order valence-corrected chi connectivity index (χ1v) is 10.6. The number of carboxylic acids is 1. The third-order valence-electron chi connectivity index (χ3n) is 5.62. The highest BCUT2D eigenvalue weighted by atomic mass is 19.1. The number of carbonyl (C=O) groups is 1. The normalized spacial score (nSPS) is 10.8. The minimum atomic E-state index is -0.961. The number of hydrogen-bond donors (Lipinski definition) is 2. The molecule has 172 valence electrons. The Morgan fingerprint density at radius 2 is 2.06 bits per heavy atom. The molecule has 0 atom stereocenters. The van der Waals surface area contributed by atoms with E-state index < -0.39 is 11.8 Å². The predicted molar refractivity (Wildman–Crippen MR) is 125 cm³/mol. The summed E-state index contributed by atoms with van der Waals surface area (Å²) in [6, 6.07) is 13.5. The van der Waals surface area contributed by atoms with Crippen LogP contribution in [0, 0.1) is 17.1 Å². The first-order chi connectivity index (χ1) is 16.5. The van der Waals surface area contributed by atoms with Gasteiger partial charge >= 0.3 is 5.97 Å². The van der Waals surface area contributed by atoms with Crippen molar-refractivity contribution < 1.29 is 19.0 Å². The van der Waals surface area contributed by atoms with Crippen LogP contribution in [0.2, 0.25) is 0 Å². The molecule has 0 bridgehead atoms. The van der Waals surface area contributed by atoms with Crippen LogP contribution in [0.4, 0.5) is 10.2 Å². The van der Waals surface area contributed by atoms with Crippen molar-refractivity contribution in [2.45, 2.75) is 19.9 Å². The smallest absolute Gasteiger partial charge is 0.335 e. The summed E-state index contributed by atoms with van der Waals surface area (Å²) in [6.45, 7) is 2.60. The van der Waals surface area contributed by atoms with Gasteiger partial charge in [-0.05, 0) is 42.3 Å². The quantitative estimate of drug-likeness (QED) is 0.399. The lowest BCUT2D eigenvalue weighted by Crippen LogP contribution is -2.13. The highest BCUT2D eigenvalue weighted by Crippen LogP contribution is 2.31. The monoisotopic (exact) mass is 459 g/mol. The average Bonchev–Trinajstić information content (AvgIpc) is 3.23. The largest absolute Gasteiger partial charge is 0.496 e. The molecule has 34 heavy (non-hydrogen) atoms. The topological polar surface area (TPSA) is 113 Å². The van der Waals surface area contributed by atoms with Gasteiger partial charge in [-0.2, -0.15) is 5.26 Å². The zero-order valence-electron chi connectivity index (χ0n) is 18.7. The van der Waals surface area contributed by atoms with Crippen LogP contribution < -0.4 is 10.1 Å². The number of benzene rings is 2. The predicted octanol–water partition coefficient (Wildman–Crippen LogP) is 4.49. The molecule has 4 aromatic rings. The molecule has 0 spiro atoms. The molecular weight excluding hydrogens is 437 g/mol. The van der Waals surface area contributed by atoms with E-state index in [2.05, 4.69) is 21.4 Å². The fraction of sp³-hybridized carbons (Fsp3) is 0.200. The second kappa shape index (κ2) is 9.58. The third kappa shape index (κ3) is 4.26. The average molecular weight is 459 g/mol. The molecule has 0 saturated carbocycles. The molecule has 0 unspecified atom stereocenters. The van der Waals surface area contributed by atoms with Crippen LogP contribution in [-0.4, -0.2) is 39.3 Å². The number of nitrogens with one attached hydrogen (secondary N) is 1. The van der Waals surface area contributed by atoms with Crippen molar-refractivity contribution >= 4 is 22.7 Å². The van der Waals surface area contributed by atoms with Gasteiger partial charge < -0.3 is 19.7 Å². The number of aryl methyl sites for hydroxylation is 1. The number of rotatable bonds is 8. The van der Waals surface area contributed by atoms with Crippen molar-refractivity contribution in [3.05, 3.63) is 71.4 Å². The number of halogens is 1. The van der Waals surface area contributed by atoms with E-state index in [1.165, 1.54) is 25.6 Å². The van der Waals surface area contributed by atoms with E-state index >= 15 is 0 Å². The van der Waals surface area contributed by atoms with Crippen LogP contribution in [0.3, 0.4) is 0 Å². The van der Waals surface area contributed by atoms with E-state index in [0.717, 1.165) is 11.1 Å². The number of nitriles is 1. The van der Waals surface area contributed by atoms with Crippen molar-refractivity contribution in [3.63, 3.8) is 0 Å². The number of aromatic nitrogens is 3. The van der Waals surface area contributed by atoms with Crippen LogP contribution in [0.25, 0.3) is 22.2 Å². The number of carboxylic acid groups (broad SMARTS) is 1. The highest BCUT2D eigenvalue weighted by molar-refractivity contribution is 5.90. The van der Waals surface area contributed by atoms with Crippen molar-refractivity contribution in [1.82, 2.24) is 14.5 Å². The van der Waals surface area contributed by atoms with Crippen molar-refractivity contribution in [3.8, 4) is 23.1 Å². The Morgan fingerprint density at radius 1 is 1.24 bits per heavy atom. The van der Waals surface area contributed by atoms with Gasteiger partial charge in [0.2, 0.25) is 0 Å². The van der Waals surface area contributed by atoms with Crippen LogP contribution in [0.15, 0.2) is 48.8 Å². The minimum absolute atomic E-state index is 0.273. The summed E-state index contributed by atoms with van der Waals surface area (Å²) >= 11 is 0. The van der Waals surface area contributed by atoms with Gasteiger partial charge in [-0.15, -0.1) is 0 Å². The number of hydrogen-bond acceptors (Lipinski definition) is 6. The number of nitrogens with zero attached hydrogens (tertiary/aromatic N) is 4. The van der Waals surface area contributed by atoms with Gasteiger partial charge in [-0.25, -0.2) is 19.2 Å². The van der Waals surface area contributed by atoms with Crippen molar-refractivity contribution in [2.75, 3.05) is 19.0 Å². The van der Waals surface area contributed by atoms with Gasteiger partial charge in [0.15, 0.2) is 0 Å². The summed E-state index contributed by atoms with van der Waals surface area (Å²) in [5, 5.41) is 22.6. The maximum Gasteiger partial charge on any atom is 0.335 e. The van der Waals surface area contributed by atoms with Crippen LogP contribution in [0.1, 0.15) is 28.5 Å². The molecule has 9 heteroatoms. The van der Waals surface area contributed by atoms with Gasteiger partial charge in [-0.1, -0.05) is 13.0 Å². The second-order valence-electron chi connectivity index (χ2n) is 7.55. The lowest BCUT2D eigenvalue weighted by atomic mass is 10.0. The Labute approximate surface area is 195 Å². The SMILES string of the molecule is CCc1cc(-c2cc(NCCn3c(C#N)cc4c(OC)ccc(F)c43)ncn2)ccc1C(=O)O. The lowest BCUT2D eigenvalue weighted by Gasteiger charge is -2.11. The summed E-state index contributed by atoms with van der Waals surface area (Å²) in [7, 11) is 1.50. The molecule has 0 fully saturated rings. The van der Waals surface area contributed by atoms with Gasteiger partial charge in [0.1, 0.15) is 35.5 Å². The standard InChI is InChI=1S/C25H22FN5O3/c1-3-15-10-16(4-5-18(15)25(32)33)21-12-23(30-14-29-21)28-8-9-31-17(13-27)11-19-22(34-2)7-6-20(26)24(19)31/h4-7,10-12,14H,3,8-9H2,1-2H3,(H,32,33)(H,28,29,30). The second-order valence-corrected chi connectivity index (χ2v) is 7.55. The molecular formula is C25H22FN5O3. The molecule has 0 amide bonds. The van der Waals surface area contributed by atoms with E-state index in [-0.39, 0.29) is 5.56 Å². The van der Waals surface area contributed by atoms with Gasteiger partial charge in [0, 0.05) is 30.1 Å². The van der Waals surface area contributed by atoms with Gasteiger partial charge in [0.25, 0.3) is 0 Å². The summed E-state index contributed by atoms with van der Waals surface area (Å²) in [6.07, 6.45) is 2.00. The van der Waals surface area contributed by atoms with Crippen LogP contribution in [0.5, 0.6) is 5.75 Å². The Hall–Kier alpha value is -4.45. The third-order valence-corrected chi connectivity index (χ3v) is 5.62. The molecule has 0 aliphatic heterocycles. The lowest BCUT2D eigenvalue weighted by molar-refractivity contribution is 0.0695. The fourth-order valence-corrected chi connectivity index (χ4v) is 3.98. The molecule has 0 radical (unpaired) electrons.